The highest BCUT2D eigenvalue weighted by Crippen LogP contribution is 2.25. The van der Waals surface area contributed by atoms with Gasteiger partial charge in [0.25, 0.3) is 0 Å². The van der Waals surface area contributed by atoms with Gasteiger partial charge in [0.15, 0.2) is 11.3 Å². The van der Waals surface area contributed by atoms with Gasteiger partial charge in [0.05, 0.1) is 18.1 Å². The summed E-state index contributed by atoms with van der Waals surface area (Å²) in [5.41, 5.74) is 1.11. The molecule has 2 aromatic heterocycles. The Hall–Kier alpha value is -2.57. The molecule has 0 radical (unpaired) electrons. The Labute approximate surface area is 145 Å². The molecule has 0 fully saturated rings. The number of carbonyl (C=O) groups is 1. The maximum Gasteiger partial charge on any atom is 0.231 e. The lowest BCUT2D eigenvalue weighted by Crippen LogP contribution is -2.33. The van der Waals surface area contributed by atoms with Crippen LogP contribution in [0.25, 0.3) is 5.69 Å². The Kier molecular flexibility index (Phi) is 5.78. The van der Waals surface area contributed by atoms with E-state index in [4.69, 9.17) is 16.9 Å². The van der Waals surface area contributed by atoms with Gasteiger partial charge in [-0.15, -0.1) is 5.37 Å². The van der Waals surface area contributed by atoms with Crippen LogP contribution < -0.4 is 9.62 Å². The molecule has 0 saturated heterocycles. The third kappa shape index (κ3) is 4.04. The zero-order valence-corrected chi connectivity index (χ0v) is 14.5. The number of rotatable bonds is 5. The zero-order valence-electron chi connectivity index (χ0n) is 12.9. The third-order valence-electron chi connectivity index (χ3n) is 3.12. The first-order valence-corrected chi connectivity index (χ1v) is 8.36. The first-order valence-electron chi connectivity index (χ1n) is 6.77. The number of anilines is 1. The summed E-state index contributed by atoms with van der Waals surface area (Å²) in [4.78, 5) is 17.8. The lowest BCUT2D eigenvalue weighted by Gasteiger charge is -2.19. The fraction of sp³-hybridized carbons (Fsp3) is 0.214. The van der Waals surface area contributed by atoms with Crippen LogP contribution in [0.5, 0.6) is 0 Å². The van der Waals surface area contributed by atoms with Gasteiger partial charge in [-0.25, -0.2) is 4.68 Å². The predicted molar refractivity (Wildman–Crippen MR) is 91.8 cm³/mol. The van der Waals surface area contributed by atoms with Crippen LogP contribution in [0.15, 0.2) is 30.7 Å². The quantitative estimate of drug-likeness (QED) is 0.372. The Balaban J connectivity index is 2.24. The lowest BCUT2D eigenvalue weighted by molar-refractivity contribution is -0.119. The number of hydrogen-bond acceptors (Lipinski definition) is 6. The van der Waals surface area contributed by atoms with E-state index in [1.54, 1.807) is 50.9 Å². The van der Waals surface area contributed by atoms with Crippen molar-refractivity contribution in [1.29, 1.82) is 5.26 Å². The molecule has 2 aromatic rings. The fourth-order valence-corrected chi connectivity index (χ4v) is 2.84. The van der Waals surface area contributed by atoms with Crippen LogP contribution in [0.4, 0.5) is 5.69 Å². The van der Waals surface area contributed by atoms with E-state index in [0.717, 1.165) is 0 Å². The number of nitrogens with one attached hydrogen (secondary N) is 1. The Morgan fingerprint density at radius 1 is 1.62 bits per heavy atom. The molecule has 0 aromatic carbocycles. The first-order chi connectivity index (χ1) is 11.4. The number of halogens is 1. The summed E-state index contributed by atoms with van der Waals surface area (Å²) >= 11 is 6.12. The monoisotopic (exact) mass is 365 g/mol. The minimum atomic E-state index is -1.72. The predicted octanol–water partition coefficient (Wildman–Crippen LogP) is 1.27. The van der Waals surface area contributed by atoms with Gasteiger partial charge in [-0.3, -0.25) is 9.78 Å². The van der Waals surface area contributed by atoms with E-state index in [9.17, 15) is 9.00 Å². The van der Waals surface area contributed by atoms with Gasteiger partial charge in [-0.2, -0.15) is 20.9 Å². The van der Waals surface area contributed by atoms with Crippen LogP contribution in [-0.2, 0) is 19.6 Å². The van der Waals surface area contributed by atoms with E-state index < -0.39 is 16.5 Å². The Morgan fingerprint density at radius 2 is 2.38 bits per heavy atom. The largest absolute Gasteiger partial charge is 0.442 e. The van der Waals surface area contributed by atoms with Crippen molar-refractivity contribution < 1.29 is 9.00 Å². The van der Waals surface area contributed by atoms with Crippen molar-refractivity contribution in [3.63, 3.8) is 0 Å². The smallest absolute Gasteiger partial charge is 0.231 e. The van der Waals surface area contributed by atoms with Crippen molar-refractivity contribution in [2.24, 2.45) is 5.92 Å². The van der Waals surface area contributed by atoms with Crippen LogP contribution in [0, 0.1) is 17.4 Å². The van der Waals surface area contributed by atoms with Crippen LogP contribution in [-0.4, -0.2) is 33.1 Å². The van der Waals surface area contributed by atoms with Crippen LogP contribution in [0.1, 0.15) is 6.92 Å². The molecule has 10 heteroatoms. The highest BCUT2D eigenvalue weighted by molar-refractivity contribution is 7.81. The molecule has 24 heavy (non-hydrogen) atoms. The summed E-state index contributed by atoms with van der Waals surface area (Å²) in [5, 5.41) is 14.0. The summed E-state index contributed by atoms with van der Waals surface area (Å²) in [6, 6.07) is 3.56. The second-order valence-electron chi connectivity index (χ2n) is 4.79. The molecule has 1 atom stereocenters. The average molecular weight is 366 g/mol. The molecule has 0 saturated carbocycles. The molecule has 2 rings (SSSR count). The molecule has 126 valence electrons. The minimum Gasteiger partial charge on any atom is -0.442 e. The highest BCUT2D eigenvalue weighted by atomic mass is 35.5. The topological polar surface area (TPSA) is 104 Å². The molecule has 1 amide bonds. The van der Waals surface area contributed by atoms with E-state index in [-0.39, 0.29) is 11.1 Å². The molecule has 0 spiro atoms. The van der Waals surface area contributed by atoms with Gasteiger partial charge in [0, 0.05) is 19.2 Å². The van der Waals surface area contributed by atoms with Gasteiger partial charge < -0.3 is 13.8 Å². The van der Waals surface area contributed by atoms with Gasteiger partial charge in [-0.1, -0.05) is 18.5 Å². The summed E-state index contributed by atoms with van der Waals surface area (Å²) in [7, 11) is -0.174. The van der Waals surface area contributed by atoms with Crippen molar-refractivity contribution in [2.75, 3.05) is 11.9 Å². The standard InChI is InChI=1S/C14H14ClN6O2S/c1-10(8-24(23)18-9-16)14(22)20(2)12-7-21(19-13(12)15)11-4-3-5-17-6-11/h3-8,10H,1-2H3,(H,18,23)/q-1. The Morgan fingerprint density at radius 3 is 3.00 bits per heavy atom. The Bertz CT molecular complexity index is 854. The van der Waals surface area contributed by atoms with Crippen LogP contribution >= 0.6 is 11.6 Å². The molecule has 1 N–H and O–H groups in total. The fourth-order valence-electron chi connectivity index (χ4n) is 1.94. The van der Waals surface area contributed by atoms with E-state index >= 15 is 0 Å². The molecule has 2 heterocycles. The second-order valence-corrected chi connectivity index (χ2v) is 6.22. The van der Waals surface area contributed by atoms with Crippen molar-refractivity contribution >= 4 is 39.1 Å². The number of nitriles is 1. The average Bonchev–Trinajstić information content (AvgIpc) is 2.96. The molecular formula is C14H14ClN6O2S-. The first kappa shape index (κ1) is 17.8. The molecule has 0 aliphatic rings. The molecule has 8 nitrogen and oxygen atoms in total. The van der Waals surface area contributed by atoms with Gasteiger partial charge in [-0.05, 0) is 12.1 Å². The normalized spacial score (nSPS) is 13.1. The summed E-state index contributed by atoms with van der Waals surface area (Å²) in [5.74, 6) is -1.02. The maximum atomic E-state index is 12.4. The molecular weight excluding hydrogens is 352 g/mol. The molecule has 0 aliphatic carbocycles. The third-order valence-corrected chi connectivity index (χ3v) is 4.33. The van der Waals surface area contributed by atoms with Gasteiger partial charge >= 0.3 is 0 Å². The van der Waals surface area contributed by atoms with Gasteiger partial charge in [0.2, 0.25) is 5.91 Å². The van der Waals surface area contributed by atoms with Crippen molar-refractivity contribution in [2.45, 2.75) is 6.92 Å². The number of pyridine rings is 1. The number of aromatic nitrogens is 3. The molecule has 0 aliphatic heterocycles. The van der Waals surface area contributed by atoms with E-state index in [0.29, 0.717) is 11.4 Å². The summed E-state index contributed by atoms with van der Waals surface area (Å²) < 4.78 is 15.0. The molecule has 1 unspecified atom stereocenters. The number of nitrogens with zero attached hydrogens (tertiary/aromatic N) is 5. The lowest BCUT2D eigenvalue weighted by atomic mass is 10.2. The zero-order chi connectivity index (χ0) is 17.7. The summed E-state index contributed by atoms with van der Waals surface area (Å²) in [6.07, 6.45) is 6.41. The molecule has 0 bridgehead atoms. The van der Waals surface area contributed by atoms with E-state index in [1.807, 2.05) is 4.72 Å². The minimum absolute atomic E-state index is 0.151. The maximum absolute atomic E-state index is 12.4. The summed E-state index contributed by atoms with van der Waals surface area (Å²) in [6.45, 7) is 1.58. The van der Waals surface area contributed by atoms with Crippen molar-refractivity contribution in [1.82, 2.24) is 19.5 Å². The number of amides is 1. The van der Waals surface area contributed by atoms with E-state index in [1.165, 1.54) is 14.9 Å². The highest BCUT2D eigenvalue weighted by Gasteiger charge is 2.20. The van der Waals surface area contributed by atoms with Gasteiger partial charge in [0.1, 0.15) is 5.69 Å². The SMILES string of the molecule is CC(C=[S-](=O)NC#N)C(=O)N(C)c1cn(-c2cccnc2)nc1Cl. The van der Waals surface area contributed by atoms with Crippen LogP contribution in [0.2, 0.25) is 5.15 Å². The number of hydrogen-bond donors (Lipinski definition) is 1. The van der Waals surface area contributed by atoms with Crippen LogP contribution in [0.3, 0.4) is 0 Å². The number of carbonyl (C=O) groups excluding carboxylic acids is 1. The second kappa shape index (κ2) is 7.81. The van der Waals surface area contributed by atoms with Crippen molar-refractivity contribution in [3.8, 4) is 11.9 Å². The van der Waals surface area contributed by atoms with E-state index in [2.05, 4.69) is 10.1 Å². The van der Waals surface area contributed by atoms with Crippen molar-refractivity contribution in [3.05, 3.63) is 35.9 Å².